The Bertz CT molecular complexity index is 561. The van der Waals surface area contributed by atoms with Crippen LogP contribution in [0.4, 0.5) is 5.69 Å². The normalized spacial score (nSPS) is 20.2. The maximum Gasteiger partial charge on any atom is 0.307 e. The molecule has 106 valence electrons. The number of rotatable bonds is 6. The van der Waals surface area contributed by atoms with Gasteiger partial charge in [0.25, 0.3) is 0 Å². The van der Waals surface area contributed by atoms with E-state index in [1.807, 2.05) is 0 Å². The van der Waals surface area contributed by atoms with Gasteiger partial charge in [-0.05, 0) is 18.6 Å². The highest BCUT2D eigenvalue weighted by Crippen LogP contribution is 2.40. The van der Waals surface area contributed by atoms with Crippen LogP contribution in [0.1, 0.15) is 6.42 Å². The molecule has 1 fully saturated rings. The minimum Gasteiger partial charge on any atom is -0.481 e. The molecule has 0 saturated heterocycles. The van der Waals surface area contributed by atoms with Crippen LogP contribution in [0.25, 0.3) is 0 Å². The van der Waals surface area contributed by atoms with Crippen molar-refractivity contribution in [2.45, 2.75) is 11.3 Å². The number of carbonyl (C=O) groups is 3. The molecule has 4 N–H and O–H groups in total. The number of amides is 2. The van der Waals surface area contributed by atoms with E-state index in [0.29, 0.717) is 12.1 Å². The third-order valence-electron chi connectivity index (χ3n) is 2.96. The zero-order valence-corrected chi connectivity index (χ0v) is 11.4. The summed E-state index contributed by atoms with van der Waals surface area (Å²) < 4.78 is 0. The second-order valence-electron chi connectivity index (χ2n) is 4.53. The van der Waals surface area contributed by atoms with Crippen molar-refractivity contribution in [2.24, 2.45) is 17.6 Å². The molecule has 0 unspecified atom stereocenters. The number of carboxylic acids is 1. The predicted octanol–water partition coefficient (Wildman–Crippen LogP) is 0.923. The van der Waals surface area contributed by atoms with Crippen LogP contribution in [0.5, 0.6) is 0 Å². The molecule has 1 aromatic rings. The van der Waals surface area contributed by atoms with Gasteiger partial charge in [0, 0.05) is 4.90 Å². The van der Waals surface area contributed by atoms with E-state index >= 15 is 0 Å². The van der Waals surface area contributed by atoms with Gasteiger partial charge in [0.1, 0.15) is 0 Å². The number of para-hydroxylation sites is 1. The van der Waals surface area contributed by atoms with Gasteiger partial charge in [-0.2, -0.15) is 0 Å². The Balaban J connectivity index is 2.00. The van der Waals surface area contributed by atoms with Crippen LogP contribution >= 0.6 is 11.8 Å². The number of hydrogen-bond donors (Lipinski definition) is 3. The van der Waals surface area contributed by atoms with E-state index in [2.05, 4.69) is 5.32 Å². The molecular formula is C13H14N2O4S. The Morgan fingerprint density at radius 1 is 1.30 bits per heavy atom. The van der Waals surface area contributed by atoms with Crippen LogP contribution in [0.3, 0.4) is 0 Å². The molecule has 2 rings (SSSR count). The minimum atomic E-state index is -0.943. The lowest BCUT2D eigenvalue weighted by Gasteiger charge is -2.09. The Kier molecular flexibility index (Phi) is 4.29. The zero-order valence-electron chi connectivity index (χ0n) is 10.5. The molecule has 2 amide bonds. The van der Waals surface area contributed by atoms with Crippen molar-refractivity contribution in [2.75, 3.05) is 11.1 Å². The number of benzene rings is 1. The summed E-state index contributed by atoms with van der Waals surface area (Å²) in [5.41, 5.74) is 5.66. The van der Waals surface area contributed by atoms with Gasteiger partial charge >= 0.3 is 5.97 Å². The summed E-state index contributed by atoms with van der Waals surface area (Å²) in [6.45, 7) is 0. The van der Waals surface area contributed by atoms with Crippen LogP contribution in [0.2, 0.25) is 0 Å². The SMILES string of the molecule is NC(=O)CSc1ccccc1NC(=O)[C@@H]1C[C@@H]1C(=O)O. The van der Waals surface area contributed by atoms with Crippen LogP contribution in [0.15, 0.2) is 29.2 Å². The molecule has 0 heterocycles. The van der Waals surface area contributed by atoms with Gasteiger partial charge in [-0.3, -0.25) is 14.4 Å². The maximum absolute atomic E-state index is 11.9. The minimum absolute atomic E-state index is 0.119. The molecule has 0 bridgehead atoms. The first-order valence-corrected chi connectivity index (χ1v) is 7.01. The summed E-state index contributed by atoms with van der Waals surface area (Å²) in [6.07, 6.45) is 0.373. The lowest BCUT2D eigenvalue weighted by molar-refractivity contribution is -0.139. The average Bonchev–Trinajstić information content (AvgIpc) is 3.18. The number of nitrogens with one attached hydrogen (secondary N) is 1. The second kappa shape index (κ2) is 5.96. The summed E-state index contributed by atoms with van der Waals surface area (Å²) in [4.78, 5) is 34.2. The maximum atomic E-state index is 11.9. The fourth-order valence-electron chi connectivity index (χ4n) is 1.83. The smallest absolute Gasteiger partial charge is 0.307 e. The summed E-state index contributed by atoms with van der Waals surface area (Å²) >= 11 is 1.23. The van der Waals surface area contributed by atoms with E-state index in [-0.39, 0.29) is 11.7 Å². The number of thioether (sulfide) groups is 1. The molecule has 1 saturated carbocycles. The number of nitrogens with two attached hydrogens (primary N) is 1. The quantitative estimate of drug-likeness (QED) is 0.676. The van der Waals surface area contributed by atoms with Gasteiger partial charge < -0.3 is 16.2 Å². The largest absolute Gasteiger partial charge is 0.481 e. The highest BCUT2D eigenvalue weighted by molar-refractivity contribution is 8.00. The molecule has 0 aromatic heterocycles. The van der Waals surface area contributed by atoms with Crippen molar-refractivity contribution in [1.29, 1.82) is 0 Å². The Morgan fingerprint density at radius 2 is 2.00 bits per heavy atom. The number of hydrogen-bond acceptors (Lipinski definition) is 4. The molecule has 20 heavy (non-hydrogen) atoms. The summed E-state index contributed by atoms with van der Waals surface area (Å²) in [5.74, 6) is -2.62. The summed E-state index contributed by atoms with van der Waals surface area (Å²) in [7, 11) is 0. The van der Waals surface area contributed by atoms with Gasteiger partial charge in [-0.1, -0.05) is 12.1 Å². The van der Waals surface area contributed by atoms with E-state index in [0.717, 1.165) is 4.90 Å². The summed E-state index contributed by atoms with van der Waals surface area (Å²) in [5, 5.41) is 11.5. The van der Waals surface area contributed by atoms with Crippen molar-refractivity contribution in [3.63, 3.8) is 0 Å². The van der Waals surface area contributed by atoms with Crippen molar-refractivity contribution in [3.8, 4) is 0 Å². The molecule has 0 aliphatic heterocycles. The molecule has 1 aromatic carbocycles. The number of carbonyl (C=O) groups excluding carboxylic acids is 2. The lowest BCUT2D eigenvalue weighted by atomic mass is 10.2. The van der Waals surface area contributed by atoms with E-state index in [4.69, 9.17) is 10.8 Å². The van der Waals surface area contributed by atoms with E-state index < -0.39 is 23.7 Å². The standard InChI is InChI=1S/C13H14N2O4S/c14-11(16)6-20-10-4-2-1-3-9(10)15-12(17)7-5-8(7)13(18)19/h1-4,7-8H,5-6H2,(H2,14,16)(H,15,17)(H,18,19)/t7-,8+/m1/s1. The van der Waals surface area contributed by atoms with E-state index in [9.17, 15) is 14.4 Å². The van der Waals surface area contributed by atoms with Crippen LogP contribution in [-0.4, -0.2) is 28.6 Å². The fourth-order valence-corrected chi connectivity index (χ4v) is 2.57. The second-order valence-corrected chi connectivity index (χ2v) is 5.54. The Labute approximate surface area is 119 Å². The number of carboxylic acid groups (broad SMARTS) is 1. The highest BCUT2D eigenvalue weighted by Gasteiger charge is 2.48. The van der Waals surface area contributed by atoms with Crippen molar-refractivity contribution in [1.82, 2.24) is 0 Å². The molecule has 1 aliphatic rings. The molecular weight excluding hydrogens is 280 g/mol. The fraction of sp³-hybridized carbons (Fsp3) is 0.308. The number of primary amides is 1. The van der Waals surface area contributed by atoms with Gasteiger partial charge in [0.15, 0.2) is 0 Å². The molecule has 0 radical (unpaired) electrons. The third kappa shape index (κ3) is 3.51. The Hall–Kier alpha value is -2.02. The van der Waals surface area contributed by atoms with Crippen LogP contribution in [-0.2, 0) is 14.4 Å². The highest BCUT2D eigenvalue weighted by atomic mass is 32.2. The van der Waals surface area contributed by atoms with Crippen LogP contribution < -0.4 is 11.1 Å². The van der Waals surface area contributed by atoms with Crippen molar-refractivity contribution >= 4 is 35.2 Å². The zero-order chi connectivity index (χ0) is 14.7. The van der Waals surface area contributed by atoms with Crippen LogP contribution in [0, 0.1) is 11.8 Å². The predicted molar refractivity (Wildman–Crippen MR) is 74.2 cm³/mol. The van der Waals surface area contributed by atoms with Gasteiger partial charge in [-0.25, -0.2) is 0 Å². The van der Waals surface area contributed by atoms with Gasteiger partial charge in [0.05, 0.1) is 23.3 Å². The first kappa shape index (κ1) is 14.4. The van der Waals surface area contributed by atoms with Gasteiger partial charge in [-0.15, -0.1) is 11.8 Å². The lowest BCUT2D eigenvalue weighted by Crippen LogP contribution is -2.17. The Morgan fingerprint density at radius 3 is 2.60 bits per heavy atom. The third-order valence-corrected chi connectivity index (χ3v) is 4.06. The first-order valence-electron chi connectivity index (χ1n) is 6.03. The molecule has 1 aliphatic carbocycles. The van der Waals surface area contributed by atoms with Crippen molar-refractivity contribution < 1.29 is 19.5 Å². The van der Waals surface area contributed by atoms with Gasteiger partial charge in [0.2, 0.25) is 11.8 Å². The number of anilines is 1. The summed E-state index contributed by atoms with van der Waals surface area (Å²) in [6, 6.07) is 7.02. The molecule has 6 nitrogen and oxygen atoms in total. The molecule has 2 atom stereocenters. The molecule has 0 spiro atoms. The van der Waals surface area contributed by atoms with Crippen molar-refractivity contribution in [3.05, 3.63) is 24.3 Å². The van der Waals surface area contributed by atoms with E-state index in [1.54, 1.807) is 24.3 Å². The monoisotopic (exact) mass is 294 g/mol. The topological polar surface area (TPSA) is 109 Å². The first-order chi connectivity index (χ1) is 9.49. The van der Waals surface area contributed by atoms with E-state index in [1.165, 1.54) is 11.8 Å². The average molecular weight is 294 g/mol. The number of aliphatic carboxylic acids is 1. The molecule has 7 heteroatoms.